The van der Waals surface area contributed by atoms with Crippen LogP contribution in [0.5, 0.6) is 0 Å². The highest BCUT2D eigenvalue weighted by Crippen LogP contribution is 2.33. The highest BCUT2D eigenvalue weighted by Gasteiger charge is 2.33. The maximum Gasteiger partial charge on any atom is 0.302 e. The lowest BCUT2D eigenvalue weighted by Crippen LogP contribution is -2.51. The number of piperidine rings is 1. The Hall–Kier alpha value is -3.60. The molecule has 0 bridgehead atoms. The van der Waals surface area contributed by atoms with Crippen molar-refractivity contribution in [3.63, 3.8) is 0 Å². The smallest absolute Gasteiger partial charge is 0.302 e. The molecule has 1 N–H and O–H groups in total. The molecule has 1 aromatic heterocycles. The molecule has 0 aliphatic carbocycles. The summed E-state index contributed by atoms with van der Waals surface area (Å²) in [5.41, 5.74) is 2.33. The summed E-state index contributed by atoms with van der Waals surface area (Å²) in [5.74, 6) is -0.211. The van der Waals surface area contributed by atoms with E-state index in [2.05, 4.69) is 18.6 Å². The number of nitrogens with zero attached hydrogens (tertiary/aromatic N) is 2. The summed E-state index contributed by atoms with van der Waals surface area (Å²) in [6, 6.07) is 23.6. The van der Waals surface area contributed by atoms with Crippen LogP contribution in [0.2, 0.25) is 0 Å². The monoisotopic (exact) mass is 633 g/mol. The number of para-hydroxylation sites is 1. The quantitative estimate of drug-likeness (QED) is 0.212. The molecule has 1 aliphatic rings. The molecule has 0 unspecified atom stereocenters. The zero-order chi connectivity index (χ0) is 31.3. The van der Waals surface area contributed by atoms with Crippen molar-refractivity contribution in [3.05, 3.63) is 95.0 Å². The van der Waals surface area contributed by atoms with E-state index in [9.17, 15) is 18.0 Å². The van der Waals surface area contributed by atoms with E-state index in [0.29, 0.717) is 30.6 Å². The fourth-order valence-corrected chi connectivity index (χ4v) is 7.97. The van der Waals surface area contributed by atoms with Crippen LogP contribution in [-0.2, 0) is 36.2 Å². The van der Waals surface area contributed by atoms with Crippen LogP contribution in [0.4, 0.5) is 0 Å². The maximum atomic E-state index is 14.0. The lowest BCUT2D eigenvalue weighted by Gasteiger charge is -2.34. The van der Waals surface area contributed by atoms with Gasteiger partial charge in [0.1, 0.15) is 6.04 Å². The SMILES string of the molecule is CC(=O)OCCC1CCN(C(=O)[C@H](Cc2nc3ccccc3s2)NS(=O)(=O)c2cccc(C(C)(C)c3ccccc3)c2)CC1. The van der Waals surface area contributed by atoms with Crippen LogP contribution in [0.25, 0.3) is 10.2 Å². The van der Waals surface area contributed by atoms with Gasteiger partial charge in [0.05, 0.1) is 26.7 Å². The molecule has 10 heteroatoms. The number of benzene rings is 3. The molecule has 1 fully saturated rings. The first-order valence-electron chi connectivity index (χ1n) is 15.0. The molecular formula is C34H39N3O5S2. The van der Waals surface area contributed by atoms with Crippen molar-refractivity contribution in [2.75, 3.05) is 19.7 Å². The summed E-state index contributed by atoms with van der Waals surface area (Å²) in [4.78, 5) is 31.6. The van der Waals surface area contributed by atoms with Gasteiger partial charge in [0.15, 0.2) is 0 Å². The number of aromatic nitrogens is 1. The van der Waals surface area contributed by atoms with Crippen LogP contribution in [0, 0.1) is 5.92 Å². The summed E-state index contributed by atoms with van der Waals surface area (Å²) in [6.45, 7) is 6.93. The number of likely N-dealkylation sites (tertiary alicyclic amines) is 1. The van der Waals surface area contributed by atoms with E-state index in [1.807, 2.05) is 60.7 Å². The van der Waals surface area contributed by atoms with E-state index in [0.717, 1.165) is 40.6 Å². The van der Waals surface area contributed by atoms with Gasteiger partial charge in [-0.1, -0.05) is 68.4 Å². The van der Waals surface area contributed by atoms with E-state index >= 15 is 0 Å². The van der Waals surface area contributed by atoms with Gasteiger partial charge in [0.25, 0.3) is 0 Å². The van der Waals surface area contributed by atoms with Gasteiger partial charge in [-0.05, 0) is 60.6 Å². The molecule has 3 aromatic carbocycles. The predicted molar refractivity (Wildman–Crippen MR) is 173 cm³/mol. The lowest BCUT2D eigenvalue weighted by molar-refractivity contribution is -0.141. The van der Waals surface area contributed by atoms with Crippen LogP contribution in [0.15, 0.2) is 83.8 Å². The number of hydrogen-bond donors (Lipinski definition) is 1. The first-order chi connectivity index (χ1) is 21.0. The average molecular weight is 634 g/mol. The van der Waals surface area contributed by atoms with Gasteiger partial charge in [0.2, 0.25) is 15.9 Å². The Morgan fingerprint density at radius 2 is 1.68 bits per heavy atom. The Morgan fingerprint density at radius 1 is 1.00 bits per heavy atom. The van der Waals surface area contributed by atoms with E-state index in [1.54, 1.807) is 23.1 Å². The van der Waals surface area contributed by atoms with Crippen LogP contribution in [0.1, 0.15) is 56.2 Å². The summed E-state index contributed by atoms with van der Waals surface area (Å²) < 4.78 is 36.6. The Morgan fingerprint density at radius 3 is 2.39 bits per heavy atom. The maximum absolute atomic E-state index is 14.0. The van der Waals surface area contributed by atoms with Crippen molar-refractivity contribution in [1.82, 2.24) is 14.6 Å². The summed E-state index contributed by atoms with van der Waals surface area (Å²) >= 11 is 1.47. The molecule has 8 nitrogen and oxygen atoms in total. The number of sulfonamides is 1. The number of esters is 1. The summed E-state index contributed by atoms with van der Waals surface area (Å²) in [6.07, 6.45) is 2.44. The van der Waals surface area contributed by atoms with Crippen molar-refractivity contribution in [1.29, 1.82) is 0 Å². The molecule has 1 saturated heterocycles. The number of hydrogen-bond acceptors (Lipinski definition) is 7. The zero-order valence-corrected chi connectivity index (χ0v) is 27.0. The third-order valence-corrected chi connectivity index (χ3v) is 11.0. The molecule has 44 heavy (non-hydrogen) atoms. The fraction of sp³-hybridized carbons (Fsp3) is 0.382. The molecule has 1 atom stereocenters. The first-order valence-corrected chi connectivity index (χ1v) is 17.3. The second-order valence-corrected chi connectivity index (χ2v) is 14.7. The molecule has 4 aromatic rings. The highest BCUT2D eigenvalue weighted by molar-refractivity contribution is 7.89. The molecule has 232 valence electrons. The van der Waals surface area contributed by atoms with Gasteiger partial charge < -0.3 is 9.64 Å². The number of carbonyl (C=O) groups excluding carboxylic acids is 2. The third-order valence-electron chi connectivity index (χ3n) is 8.43. The normalized spacial score (nSPS) is 15.3. The minimum atomic E-state index is -4.06. The summed E-state index contributed by atoms with van der Waals surface area (Å²) in [5, 5.41) is 0.697. The number of ether oxygens (including phenoxy) is 1. The van der Waals surface area contributed by atoms with Crippen LogP contribution >= 0.6 is 11.3 Å². The van der Waals surface area contributed by atoms with Crippen molar-refractivity contribution in [2.24, 2.45) is 5.92 Å². The van der Waals surface area contributed by atoms with E-state index in [-0.39, 0.29) is 23.2 Å². The van der Waals surface area contributed by atoms with Crippen LogP contribution in [-0.4, -0.2) is 55.9 Å². The minimum absolute atomic E-state index is 0.116. The van der Waals surface area contributed by atoms with Gasteiger partial charge >= 0.3 is 5.97 Å². The van der Waals surface area contributed by atoms with E-state index in [4.69, 9.17) is 9.72 Å². The number of thiazole rings is 1. The summed E-state index contributed by atoms with van der Waals surface area (Å²) in [7, 11) is -4.06. The van der Waals surface area contributed by atoms with Crippen LogP contribution < -0.4 is 4.72 Å². The Kier molecular flexibility index (Phi) is 9.82. The van der Waals surface area contributed by atoms with Gasteiger partial charge in [-0.2, -0.15) is 4.72 Å². The largest absolute Gasteiger partial charge is 0.466 e. The molecule has 5 rings (SSSR count). The molecule has 0 spiro atoms. The molecule has 1 amide bonds. The molecule has 2 heterocycles. The molecule has 1 aliphatic heterocycles. The minimum Gasteiger partial charge on any atom is -0.466 e. The predicted octanol–water partition coefficient (Wildman–Crippen LogP) is 5.70. The topological polar surface area (TPSA) is 106 Å². The zero-order valence-electron chi connectivity index (χ0n) is 25.4. The lowest BCUT2D eigenvalue weighted by atomic mass is 9.78. The van der Waals surface area contributed by atoms with Crippen LogP contribution in [0.3, 0.4) is 0 Å². The van der Waals surface area contributed by atoms with Crippen molar-refractivity contribution < 1.29 is 22.7 Å². The van der Waals surface area contributed by atoms with Gasteiger partial charge in [0, 0.05) is 31.8 Å². The average Bonchev–Trinajstić information content (AvgIpc) is 3.43. The number of fused-ring (bicyclic) bond motifs is 1. The molecule has 0 saturated carbocycles. The second-order valence-electron chi connectivity index (χ2n) is 11.9. The van der Waals surface area contributed by atoms with Crippen molar-refractivity contribution >= 4 is 43.5 Å². The second kappa shape index (κ2) is 13.6. The Labute approximate surface area is 263 Å². The molecular weight excluding hydrogens is 595 g/mol. The van der Waals surface area contributed by atoms with Crippen molar-refractivity contribution in [3.8, 4) is 0 Å². The van der Waals surface area contributed by atoms with Crippen molar-refractivity contribution in [2.45, 2.75) is 62.8 Å². The Balaban J connectivity index is 1.37. The van der Waals surface area contributed by atoms with Gasteiger partial charge in [-0.25, -0.2) is 13.4 Å². The van der Waals surface area contributed by atoms with Gasteiger partial charge in [-0.15, -0.1) is 11.3 Å². The third kappa shape index (κ3) is 7.54. The Bertz CT molecular complexity index is 1680. The number of rotatable bonds is 11. The van der Waals surface area contributed by atoms with E-state index < -0.39 is 21.5 Å². The molecule has 0 radical (unpaired) electrons. The highest BCUT2D eigenvalue weighted by atomic mass is 32.2. The fourth-order valence-electron chi connectivity index (χ4n) is 5.72. The van der Waals surface area contributed by atoms with Gasteiger partial charge in [-0.3, -0.25) is 9.59 Å². The number of amides is 1. The first kappa shape index (κ1) is 31.8. The standard InChI is InChI=1S/C34H39N3O5S2/c1-24(38)42-21-18-25-16-19-37(20-17-25)33(39)30(23-32-35-29-14-7-8-15-31(29)43-32)36-44(40,41)28-13-9-12-27(22-28)34(2,3)26-10-5-4-6-11-26/h4-15,22,25,30,36H,16-21,23H2,1-3H3/t30-/m0/s1. The number of carbonyl (C=O) groups is 2. The van der Waals surface area contributed by atoms with E-state index in [1.165, 1.54) is 18.3 Å². The number of nitrogens with one attached hydrogen (secondary N) is 1.